The normalized spacial score (nSPS) is 11.0. The van der Waals surface area contributed by atoms with Crippen molar-refractivity contribution in [3.8, 4) is 0 Å². The number of aromatic nitrogens is 3. The van der Waals surface area contributed by atoms with Crippen LogP contribution in [-0.2, 0) is 22.8 Å². The minimum Gasteiger partial charge on any atom is -0.325 e. The molecule has 3 rings (SSSR count). The molecule has 7 heteroatoms. The number of hydrogen-bond donors (Lipinski definition) is 1. The molecule has 0 spiro atoms. The lowest BCUT2D eigenvalue weighted by Gasteiger charge is -2.13. The molecule has 0 aliphatic carbocycles. The second-order valence-electron chi connectivity index (χ2n) is 7.86. The van der Waals surface area contributed by atoms with E-state index in [1.807, 2.05) is 28.8 Å². The lowest BCUT2D eigenvalue weighted by molar-refractivity contribution is -0.113. The highest BCUT2D eigenvalue weighted by Crippen LogP contribution is 2.25. The number of carbonyl (C=O) groups is 1. The molecule has 3 aromatic rings. The first kappa shape index (κ1) is 24.1. The molecule has 0 saturated carbocycles. The zero-order valence-corrected chi connectivity index (χ0v) is 20.5. The number of benzene rings is 2. The van der Waals surface area contributed by atoms with E-state index in [4.69, 9.17) is 0 Å². The topological polar surface area (TPSA) is 59.8 Å². The molecule has 1 N–H and O–H groups in total. The minimum absolute atomic E-state index is 0.0495. The summed E-state index contributed by atoms with van der Waals surface area (Å²) in [5.74, 6) is 3.14. The van der Waals surface area contributed by atoms with E-state index < -0.39 is 0 Å². The lowest BCUT2D eigenvalue weighted by atomic mass is 10.0. The van der Waals surface area contributed by atoms with Crippen molar-refractivity contribution in [1.29, 1.82) is 0 Å². The van der Waals surface area contributed by atoms with Crippen LogP contribution in [0, 0.1) is 6.92 Å². The summed E-state index contributed by atoms with van der Waals surface area (Å²) in [7, 11) is 0. The fourth-order valence-electron chi connectivity index (χ4n) is 3.22. The quantitative estimate of drug-likeness (QED) is 0.275. The van der Waals surface area contributed by atoms with Crippen LogP contribution >= 0.6 is 23.5 Å². The number of amides is 1. The molecule has 2 aromatic carbocycles. The van der Waals surface area contributed by atoms with E-state index in [0.717, 1.165) is 33.7 Å². The number of anilines is 1. The second-order valence-corrected chi connectivity index (χ2v) is 9.78. The van der Waals surface area contributed by atoms with Gasteiger partial charge in [0.15, 0.2) is 5.16 Å². The first-order chi connectivity index (χ1) is 15.5. The molecule has 0 aliphatic rings. The lowest BCUT2D eigenvalue weighted by Crippen LogP contribution is -2.16. The molecule has 1 heterocycles. The molecule has 1 aromatic heterocycles. The molecule has 32 heavy (non-hydrogen) atoms. The van der Waals surface area contributed by atoms with Crippen LogP contribution in [0.4, 0.5) is 5.69 Å². The highest BCUT2D eigenvalue weighted by atomic mass is 32.2. The summed E-state index contributed by atoms with van der Waals surface area (Å²) in [6.07, 6.45) is 1.83. The van der Waals surface area contributed by atoms with E-state index in [0.29, 0.717) is 12.5 Å². The average molecular weight is 467 g/mol. The molecular formula is C25H30N4OS2. The van der Waals surface area contributed by atoms with Crippen molar-refractivity contribution in [1.82, 2.24) is 14.8 Å². The Hall–Kier alpha value is -2.51. The Balaban J connectivity index is 1.58. The van der Waals surface area contributed by atoms with Crippen molar-refractivity contribution in [3.05, 3.63) is 83.7 Å². The van der Waals surface area contributed by atoms with E-state index >= 15 is 0 Å². The van der Waals surface area contributed by atoms with Gasteiger partial charge in [-0.3, -0.25) is 4.79 Å². The van der Waals surface area contributed by atoms with Crippen molar-refractivity contribution in [2.75, 3.05) is 11.1 Å². The van der Waals surface area contributed by atoms with Crippen LogP contribution in [0.25, 0.3) is 0 Å². The van der Waals surface area contributed by atoms with E-state index in [1.54, 1.807) is 11.8 Å². The van der Waals surface area contributed by atoms with Crippen LogP contribution in [0.15, 0.2) is 66.3 Å². The van der Waals surface area contributed by atoms with Crippen LogP contribution in [-0.4, -0.2) is 26.4 Å². The van der Waals surface area contributed by atoms with Crippen molar-refractivity contribution in [2.45, 2.75) is 49.9 Å². The van der Waals surface area contributed by atoms with E-state index in [9.17, 15) is 4.79 Å². The Morgan fingerprint density at radius 1 is 1.12 bits per heavy atom. The number of carbonyl (C=O) groups excluding carboxylic acids is 1. The summed E-state index contributed by atoms with van der Waals surface area (Å²) in [5.41, 5.74) is 4.56. The molecular weight excluding hydrogens is 436 g/mol. The Labute approximate surface area is 199 Å². The summed E-state index contributed by atoms with van der Waals surface area (Å²) < 4.78 is 2.04. The third-order valence-electron chi connectivity index (χ3n) is 4.91. The van der Waals surface area contributed by atoms with Gasteiger partial charge in [-0.25, -0.2) is 0 Å². The van der Waals surface area contributed by atoms with Gasteiger partial charge >= 0.3 is 0 Å². The summed E-state index contributed by atoms with van der Waals surface area (Å²) >= 11 is 3.20. The highest BCUT2D eigenvalue weighted by Gasteiger charge is 2.15. The average Bonchev–Trinajstić information content (AvgIpc) is 3.16. The van der Waals surface area contributed by atoms with Gasteiger partial charge in [-0.1, -0.05) is 79.7 Å². The van der Waals surface area contributed by atoms with Gasteiger partial charge in [0.1, 0.15) is 5.82 Å². The number of para-hydroxylation sites is 1. The van der Waals surface area contributed by atoms with E-state index in [-0.39, 0.29) is 11.7 Å². The Morgan fingerprint density at radius 2 is 1.88 bits per heavy atom. The second kappa shape index (κ2) is 11.9. The maximum Gasteiger partial charge on any atom is 0.234 e. The van der Waals surface area contributed by atoms with Gasteiger partial charge in [-0.05, 0) is 30.0 Å². The van der Waals surface area contributed by atoms with E-state index in [2.05, 4.69) is 73.2 Å². The zero-order chi connectivity index (χ0) is 22.9. The van der Waals surface area contributed by atoms with Gasteiger partial charge in [0, 0.05) is 18.0 Å². The zero-order valence-electron chi connectivity index (χ0n) is 18.9. The number of nitrogens with zero attached hydrogens (tertiary/aromatic N) is 3. The molecule has 1 amide bonds. The highest BCUT2D eigenvalue weighted by molar-refractivity contribution is 7.99. The standard InChI is InChI=1S/C25H30N4OS2/c1-5-14-29-23(16-31-15-20-12-10-19(4)11-13-20)27-28-25(29)32-17-24(30)26-22-9-7-6-8-21(22)18(2)3/h5-13,18H,1,14-17H2,2-4H3,(H,26,30). The molecule has 5 nitrogen and oxygen atoms in total. The summed E-state index contributed by atoms with van der Waals surface area (Å²) in [5, 5.41) is 12.5. The summed E-state index contributed by atoms with van der Waals surface area (Å²) in [6.45, 7) is 10.8. The number of hydrogen-bond acceptors (Lipinski definition) is 5. The monoisotopic (exact) mass is 466 g/mol. The first-order valence-corrected chi connectivity index (χ1v) is 12.8. The number of nitrogens with one attached hydrogen (secondary N) is 1. The fourth-order valence-corrected chi connectivity index (χ4v) is 4.91. The van der Waals surface area contributed by atoms with Crippen molar-refractivity contribution in [2.24, 2.45) is 0 Å². The van der Waals surface area contributed by atoms with Gasteiger partial charge in [-0.15, -0.1) is 28.5 Å². The summed E-state index contributed by atoms with van der Waals surface area (Å²) in [6, 6.07) is 16.5. The Bertz CT molecular complexity index is 1040. The number of allylic oxidation sites excluding steroid dienone is 1. The minimum atomic E-state index is -0.0495. The largest absolute Gasteiger partial charge is 0.325 e. The van der Waals surface area contributed by atoms with Crippen molar-refractivity contribution in [3.63, 3.8) is 0 Å². The van der Waals surface area contributed by atoms with Crippen LogP contribution in [0.2, 0.25) is 0 Å². The summed E-state index contributed by atoms with van der Waals surface area (Å²) in [4.78, 5) is 12.6. The molecule has 0 radical (unpaired) electrons. The number of rotatable bonds is 11. The smallest absolute Gasteiger partial charge is 0.234 e. The van der Waals surface area contributed by atoms with Gasteiger partial charge in [0.05, 0.1) is 11.5 Å². The Kier molecular flexibility index (Phi) is 9.00. The third-order valence-corrected chi connectivity index (χ3v) is 6.88. The van der Waals surface area contributed by atoms with Crippen molar-refractivity contribution < 1.29 is 4.79 Å². The van der Waals surface area contributed by atoms with Crippen LogP contribution < -0.4 is 5.32 Å². The van der Waals surface area contributed by atoms with Gasteiger partial charge in [0.2, 0.25) is 5.91 Å². The predicted molar refractivity (Wildman–Crippen MR) is 136 cm³/mol. The van der Waals surface area contributed by atoms with Gasteiger partial charge < -0.3 is 9.88 Å². The van der Waals surface area contributed by atoms with Gasteiger partial charge in [0.25, 0.3) is 0 Å². The maximum absolute atomic E-state index is 12.6. The molecule has 0 bridgehead atoms. The molecule has 0 atom stereocenters. The molecule has 0 unspecified atom stereocenters. The fraction of sp³-hybridized carbons (Fsp3) is 0.320. The third kappa shape index (κ3) is 6.74. The molecule has 168 valence electrons. The first-order valence-electron chi connectivity index (χ1n) is 10.7. The predicted octanol–water partition coefficient (Wildman–Crippen LogP) is 6.06. The van der Waals surface area contributed by atoms with Crippen LogP contribution in [0.5, 0.6) is 0 Å². The SMILES string of the molecule is C=CCn1c(CSCc2ccc(C)cc2)nnc1SCC(=O)Nc1ccccc1C(C)C. The van der Waals surface area contributed by atoms with E-state index in [1.165, 1.54) is 22.9 Å². The molecule has 0 saturated heterocycles. The van der Waals surface area contributed by atoms with Crippen LogP contribution in [0.3, 0.4) is 0 Å². The van der Waals surface area contributed by atoms with Gasteiger partial charge in [-0.2, -0.15) is 0 Å². The number of aryl methyl sites for hydroxylation is 1. The number of thioether (sulfide) groups is 2. The molecule has 0 fully saturated rings. The maximum atomic E-state index is 12.6. The molecule has 0 aliphatic heterocycles. The Morgan fingerprint density at radius 3 is 2.59 bits per heavy atom. The van der Waals surface area contributed by atoms with Crippen LogP contribution in [0.1, 0.15) is 42.3 Å². The van der Waals surface area contributed by atoms with Crippen molar-refractivity contribution >= 4 is 35.1 Å².